The van der Waals surface area contributed by atoms with Crippen LogP contribution in [0.4, 0.5) is 0 Å². The molecule has 9 N–H and O–H groups in total. The molecule has 3 atom stereocenters. The number of carboxylic acid groups (broad SMARTS) is 3. The lowest BCUT2D eigenvalue weighted by molar-refractivity contribution is -0.143. The van der Waals surface area contributed by atoms with Crippen molar-refractivity contribution in [1.29, 1.82) is 0 Å². The molecule has 0 saturated heterocycles. The molecule has 0 saturated carbocycles. The van der Waals surface area contributed by atoms with E-state index in [9.17, 15) is 28.8 Å². The van der Waals surface area contributed by atoms with E-state index in [1.165, 1.54) is 0 Å². The van der Waals surface area contributed by atoms with Gasteiger partial charge in [0.05, 0.1) is 12.5 Å². The van der Waals surface area contributed by atoms with Crippen molar-refractivity contribution in [2.45, 2.75) is 50.2 Å². The Kier molecular flexibility index (Phi) is 10.0. The van der Waals surface area contributed by atoms with E-state index in [1.807, 2.05) is 5.32 Å². The Hall–Kier alpha value is -3.22. The summed E-state index contributed by atoms with van der Waals surface area (Å²) in [5.41, 5.74) is 10.5. The minimum Gasteiger partial charge on any atom is -0.481 e. The molecule has 13 heteroatoms. The first-order chi connectivity index (χ1) is 12.4. The number of hydrogen-bond donors (Lipinski definition) is 7. The molecule has 0 fully saturated rings. The standard InChI is InChI=1S/C14H22N4O9/c15-6(1-3-10(20)21)12(24)18-8(5-9(16)19)13(25)17-7(14(26)27)2-4-11(22)23/h6-8H,1-5,15H2,(H2,16,19)(H,17,25)(H,18,24)(H,20,21)(H,22,23)(H,26,27)/t6-,7-,8-/m0/s1. The lowest BCUT2D eigenvalue weighted by Crippen LogP contribution is -2.55. The van der Waals surface area contributed by atoms with E-state index in [-0.39, 0.29) is 6.42 Å². The van der Waals surface area contributed by atoms with Gasteiger partial charge in [-0.3, -0.25) is 24.0 Å². The number of aliphatic carboxylic acids is 3. The third-order valence-electron chi connectivity index (χ3n) is 3.31. The van der Waals surface area contributed by atoms with Crippen molar-refractivity contribution in [3.05, 3.63) is 0 Å². The molecule has 0 aromatic rings. The molecule has 0 aromatic heterocycles. The van der Waals surface area contributed by atoms with Crippen LogP contribution in [0.25, 0.3) is 0 Å². The Labute approximate surface area is 153 Å². The molecule has 0 unspecified atom stereocenters. The van der Waals surface area contributed by atoms with Gasteiger partial charge in [-0.25, -0.2) is 4.79 Å². The molecular weight excluding hydrogens is 368 g/mol. The minimum absolute atomic E-state index is 0.234. The monoisotopic (exact) mass is 390 g/mol. The highest BCUT2D eigenvalue weighted by atomic mass is 16.4. The van der Waals surface area contributed by atoms with Gasteiger partial charge in [-0.2, -0.15) is 0 Å². The predicted octanol–water partition coefficient (Wildman–Crippen LogP) is -3.03. The predicted molar refractivity (Wildman–Crippen MR) is 87.0 cm³/mol. The maximum atomic E-state index is 12.2. The molecular formula is C14H22N4O9. The molecule has 0 bridgehead atoms. The van der Waals surface area contributed by atoms with Gasteiger partial charge in [0.2, 0.25) is 17.7 Å². The average Bonchev–Trinajstić information content (AvgIpc) is 2.54. The number of carbonyl (C=O) groups excluding carboxylic acids is 3. The first-order valence-corrected chi connectivity index (χ1v) is 7.75. The smallest absolute Gasteiger partial charge is 0.326 e. The van der Waals surface area contributed by atoms with Crippen molar-refractivity contribution < 1.29 is 44.1 Å². The fraction of sp³-hybridized carbons (Fsp3) is 0.571. The van der Waals surface area contributed by atoms with Crippen LogP contribution in [0.2, 0.25) is 0 Å². The second-order valence-electron chi connectivity index (χ2n) is 5.60. The van der Waals surface area contributed by atoms with Gasteiger partial charge in [0.25, 0.3) is 0 Å². The summed E-state index contributed by atoms with van der Waals surface area (Å²) < 4.78 is 0. The number of hydrogen-bond acceptors (Lipinski definition) is 7. The van der Waals surface area contributed by atoms with Crippen LogP contribution in [0, 0.1) is 0 Å². The highest BCUT2D eigenvalue weighted by Crippen LogP contribution is 2.02. The van der Waals surface area contributed by atoms with E-state index in [1.54, 1.807) is 0 Å². The number of carboxylic acids is 3. The summed E-state index contributed by atoms with van der Waals surface area (Å²) in [6, 6.07) is -4.41. The normalized spacial score (nSPS) is 13.7. The molecule has 3 amide bonds. The second-order valence-corrected chi connectivity index (χ2v) is 5.60. The summed E-state index contributed by atoms with van der Waals surface area (Å²) in [5, 5.41) is 30.3. The zero-order valence-electron chi connectivity index (χ0n) is 14.2. The third-order valence-corrected chi connectivity index (χ3v) is 3.31. The number of amides is 3. The molecule has 13 nitrogen and oxygen atoms in total. The number of rotatable bonds is 13. The van der Waals surface area contributed by atoms with Crippen LogP contribution >= 0.6 is 0 Å². The van der Waals surface area contributed by atoms with E-state index in [4.69, 9.17) is 26.8 Å². The Morgan fingerprint density at radius 1 is 0.778 bits per heavy atom. The van der Waals surface area contributed by atoms with Crippen LogP contribution in [0.3, 0.4) is 0 Å². The van der Waals surface area contributed by atoms with E-state index in [0.29, 0.717) is 0 Å². The zero-order valence-corrected chi connectivity index (χ0v) is 14.2. The van der Waals surface area contributed by atoms with Crippen molar-refractivity contribution in [3.63, 3.8) is 0 Å². The lowest BCUT2D eigenvalue weighted by atomic mass is 10.1. The third kappa shape index (κ3) is 10.4. The van der Waals surface area contributed by atoms with Crippen LogP contribution < -0.4 is 22.1 Å². The molecule has 0 spiro atoms. The summed E-state index contributed by atoms with van der Waals surface area (Å²) in [4.78, 5) is 67.4. The van der Waals surface area contributed by atoms with E-state index in [0.717, 1.165) is 0 Å². The highest BCUT2D eigenvalue weighted by molar-refractivity contribution is 5.94. The van der Waals surface area contributed by atoms with Gasteiger partial charge in [0.15, 0.2) is 0 Å². The molecule has 0 radical (unpaired) electrons. The summed E-state index contributed by atoms with van der Waals surface area (Å²) in [5.74, 6) is -6.96. The van der Waals surface area contributed by atoms with Crippen LogP contribution in [0.5, 0.6) is 0 Å². The summed E-state index contributed by atoms with van der Waals surface area (Å²) >= 11 is 0. The number of carbonyl (C=O) groups is 6. The Morgan fingerprint density at radius 3 is 1.70 bits per heavy atom. The van der Waals surface area contributed by atoms with Crippen LogP contribution in [0.15, 0.2) is 0 Å². The van der Waals surface area contributed by atoms with Crippen LogP contribution in [-0.4, -0.2) is 69.1 Å². The Morgan fingerprint density at radius 2 is 1.26 bits per heavy atom. The molecule has 0 aliphatic heterocycles. The summed E-state index contributed by atoms with van der Waals surface area (Å²) in [7, 11) is 0. The van der Waals surface area contributed by atoms with E-state index in [2.05, 4.69) is 5.32 Å². The van der Waals surface area contributed by atoms with Crippen LogP contribution in [0.1, 0.15) is 32.1 Å². The van der Waals surface area contributed by atoms with E-state index >= 15 is 0 Å². The van der Waals surface area contributed by atoms with Gasteiger partial charge in [0.1, 0.15) is 12.1 Å². The van der Waals surface area contributed by atoms with Gasteiger partial charge < -0.3 is 37.4 Å². The lowest BCUT2D eigenvalue weighted by Gasteiger charge is -2.21. The zero-order chi connectivity index (χ0) is 21.1. The fourth-order valence-corrected chi connectivity index (χ4v) is 1.90. The van der Waals surface area contributed by atoms with Gasteiger partial charge >= 0.3 is 17.9 Å². The Bertz CT molecular complexity index is 607. The van der Waals surface area contributed by atoms with Gasteiger partial charge in [-0.15, -0.1) is 0 Å². The fourth-order valence-electron chi connectivity index (χ4n) is 1.90. The molecule has 152 valence electrons. The van der Waals surface area contributed by atoms with Gasteiger partial charge in [-0.05, 0) is 12.8 Å². The van der Waals surface area contributed by atoms with E-state index < -0.39 is 79.4 Å². The maximum Gasteiger partial charge on any atom is 0.326 e. The van der Waals surface area contributed by atoms with Crippen molar-refractivity contribution >= 4 is 35.6 Å². The molecule has 27 heavy (non-hydrogen) atoms. The highest BCUT2D eigenvalue weighted by Gasteiger charge is 2.29. The molecule has 0 aromatic carbocycles. The largest absolute Gasteiger partial charge is 0.481 e. The SMILES string of the molecule is NC(=O)C[C@H](NC(=O)[C@@H](N)CCC(=O)O)C(=O)N[C@@H](CCC(=O)O)C(=O)O. The van der Waals surface area contributed by atoms with Crippen LogP contribution in [-0.2, 0) is 28.8 Å². The second kappa shape index (κ2) is 11.4. The van der Waals surface area contributed by atoms with Crippen molar-refractivity contribution in [3.8, 4) is 0 Å². The number of nitrogens with one attached hydrogen (secondary N) is 2. The first-order valence-electron chi connectivity index (χ1n) is 7.75. The molecule has 0 aliphatic carbocycles. The number of nitrogens with two attached hydrogens (primary N) is 2. The molecule has 0 rings (SSSR count). The van der Waals surface area contributed by atoms with Crippen molar-refractivity contribution in [2.75, 3.05) is 0 Å². The maximum absolute atomic E-state index is 12.2. The average molecular weight is 390 g/mol. The minimum atomic E-state index is -1.57. The van der Waals surface area contributed by atoms with Crippen molar-refractivity contribution in [2.24, 2.45) is 11.5 Å². The van der Waals surface area contributed by atoms with Gasteiger partial charge in [0, 0.05) is 12.8 Å². The van der Waals surface area contributed by atoms with Gasteiger partial charge in [-0.1, -0.05) is 0 Å². The molecule has 0 aliphatic rings. The first kappa shape index (κ1) is 23.8. The Balaban J connectivity index is 5.03. The topological polar surface area (TPSA) is 239 Å². The summed E-state index contributed by atoms with van der Waals surface area (Å²) in [6.07, 6.45) is -2.27. The quantitative estimate of drug-likeness (QED) is 0.168. The number of primary amides is 1. The summed E-state index contributed by atoms with van der Waals surface area (Å²) in [6.45, 7) is 0. The van der Waals surface area contributed by atoms with Crippen molar-refractivity contribution in [1.82, 2.24) is 10.6 Å². The molecule has 0 heterocycles.